The minimum atomic E-state index is 0.803. The highest BCUT2D eigenvalue weighted by molar-refractivity contribution is 4.98. The molecule has 0 amide bonds. The first-order valence-corrected chi connectivity index (χ1v) is 5.79. The van der Waals surface area contributed by atoms with Crippen molar-refractivity contribution < 1.29 is 0 Å². The van der Waals surface area contributed by atoms with Crippen molar-refractivity contribution in [1.29, 1.82) is 0 Å². The Hall–Kier alpha value is -0.0800. The van der Waals surface area contributed by atoms with Gasteiger partial charge in [-0.3, -0.25) is 0 Å². The van der Waals surface area contributed by atoms with Crippen LogP contribution in [0.5, 0.6) is 0 Å². The van der Waals surface area contributed by atoms with E-state index in [1.807, 2.05) is 0 Å². The highest BCUT2D eigenvalue weighted by atomic mass is 15.2. The standard InChI is InChI=1S/C11H20N2/c1-2-4-11(3-1)8-13(9-11)7-10-5-12-6-10/h10,12H,1-9H2. The Labute approximate surface area is 80.7 Å². The first-order chi connectivity index (χ1) is 6.36. The normalized spacial score (nSPS) is 33.2. The van der Waals surface area contributed by atoms with E-state index in [0.717, 1.165) is 11.3 Å². The first kappa shape index (κ1) is 8.25. The van der Waals surface area contributed by atoms with Gasteiger partial charge in [0.1, 0.15) is 0 Å². The second-order valence-electron chi connectivity index (χ2n) is 5.40. The van der Waals surface area contributed by atoms with Crippen LogP contribution in [-0.2, 0) is 0 Å². The van der Waals surface area contributed by atoms with Crippen molar-refractivity contribution >= 4 is 0 Å². The molecule has 3 rings (SSSR count). The van der Waals surface area contributed by atoms with Crippen LogP contribution in [0.15, 0.2) is 0 Å². The molecule has 0 aromatic heterocycles. The van der Waals surface area contributed by atoms with E-state index in [4.69, 9.17) is 0 Å². The van der Waals surface area contributed by atoms with Gasteiger partial charge in [-0.05, 0) is 24.2 Å². The lowest BCUT2D eigenvalue weighted by Gasteiger charge is -2.50. The van der Waals surface area contributed by atoms with Crippen LogP contribution >= 0.6 is 0 Å². The van der Waals surface area contributed by atoms with Gasteiger partial charge in [0.05, 0.1) is 0 Å². The molecule has 2 nitrogen and oxygen atoms in total. The smallest absolute Gasteiger partial charge is 0.00506 e. The van der Waals surface area contributed by atoms with Crippen molar-refractivity contribution in [3.05, 3.63) is 0 Å². The summed E-state index contributed by atoms with van der Waals surface area (Å²) in [5.74, 6) is 0.971. The zero-order chi connectivity index (χ0) is 8.73. The first-order valence-electron chi connectivity index (χ1n) is 5.79. The van der Waals surface area contributed by atoms with Crippen LogP contribution < -0.4 is 5.32 Å². The summed E-state index contributed by atoms with van der Waals surface area (Å²) in [6, 6.07) is 0. The average Bonchev–Trinajstić information content (AvgIpc) is 2.42. The minimum Gasteiger partial charge on any atom is -0.316 e. The van der Waals surface area contributed by atoms with Crippen LogP contribution in [0, 0.1) is 11.3 Å². The summed E-state index contributed by atoms with van der Waals surface area (Å²) < 4.78 is 0. The van der Waals surface area contributed by atoms with Crippen molar-refractivity contribution in [2.24, 2.45) is 11.3 Å². The van der Waals surface area contributed by atoms with E-state index in [9.17, 15) is 0 Å². The molecule has 3 aliphatic rings. The molecule has 0 atom stereocenters. The molecule has 3 fully saturated rings. The zero-order valence-corrected chi connectivity index (χ0v) is 8.39. The summed E-state index contributed by atoms with van der Waals surface area (Å²) in [6.07, 6.45) is 6.04. The van der Waals surface area contributed by atoms with Gasteiger partial charge < -0.3 is 10.2 Å². The van der Waals surface area contributed by atoms with Gasteiger partial charge in [-0.1, -0.05) is 12.8 Å². The molecular weight excluding hydrogens is 160 g/mol. The molecule has 2 aliphatic heterocycles. The Morgan fingerprint density at radius 3 is 2.38 bits per heavy atom. The Morgan fingerprint density at radius 1 is 1.15 bits per heavy atom. The molecule has 0 aromatic rings. The number of rotatable bonds is 2. The second kappa shape index (κ2) is 2.96. The van der Waals surface area contributed by atoms with Crippen LogP contribution in [0.4, 0.5) is 0 Å². The largest absolute Gasteiger partial charge is 0.316 e. The van der Waals surface area contributed by atoms with E-state index >= 15 is 0 Å². The van der Waals surface area contributed by atoms with Gasteiger partial charge in [0.2, 0.25) is 0 Å². The molecule has 0 radical (unpaired) electrons. The van der Waals surface area contributed by atoms with Gasteiger partial charge in [-0.2, -0.15) is 0 Å². The lowest BCUT2D eigenvalue weighted by Crippen LogP contribution is -2.59. The lowest BCUT2D eigenvalue weighted by molar-refractivity contribution is -0.0102. The van der Waals surface area contributed by atoms with Crippen molar-refractivity contribution in [3.63, 3.8) is 0 Å². The van der Waals surface area contributed by atoms with Crippen molar-refractivity contribution in [3.8, 4) is 0 Å². The van der Waals surface area contributed by atoms with Gasteiger partial charge in [0.25, 0.3) is 0 Å². The SMILES string of the molecule is C1CCC2(C1)CN(CC1CNC1)C2. The summed E-state index contributed by atoms with van der Waals surface area (Å²) in [6.45, 7) is 6.74. The Bertz CT molecular complexity index is 184. The Balaban J connectivity index is 1.45. The molecule has 2 saturated heterocycles. The highest BCUT2D eigenvalue weighted by Crippen LogP contribution is 2.45. The van der Waals surface area contributed by atoms with E-state index in [1.165, 1.54) is 58.4 Å². The summed E-state index contributed by atoms with van der Waals surface area (Å²) in [5.41, 5.74) is 0.803. The summed E-state index contributed by atoms with van der Waals surface area (Å²) in [7, 11) is 0. The minimum absolute atomic E-state index is 0.803. The molecule has 0 bridgehead atoms. The third-order valence-electron chi connectivity index (χ3n) is 4.16. The van der Waals surface area contributed by atoms with Gasteiger partial charge in [0, 0.05) is 32.7 Å². The van der Waals surface area contributed by atoms with Gasteiger partial charge in [0.15, 0.2) is 0 Å². The highest BCUT2D eigenvalue weighted by Gasteiger charge is 2.44. The van der Waals surface area contributed by atoms with E-state index in [-0.39, 0.29) is 0 Å². The second-order valence-corrected chi connectivity index (χ2v) is 5.40. The molecule has 0 aromatic carbocycles. The van der Waals surface area contributed by atoms with Crippen LogP contribution in [0.3, 0.4) is 0 Å². The molecule has 74 valence electrons. The maximum atomic E-state index is 3.35. The number of nitrogens with one attached hydrogen (secondary N) is 1. The molecule has 0 unspecified atom stereocenters. The molecule has 1 saturated carbocycles. The molecule has 1 aliphatic carbocycles. The number of hydrogen-bond donors (Lipinski definition) is 1. The molecule has 2 heterocycles. The summed E-state index contributed by atoms with van der Waals surface area (Å²) in [4.78, 5) is 2.68. The molecule has 2 heteroatoms. The van der Waals surface area contributed by atoms with Crippen LogP contribution in [0.1, 0.15) is 25.7 Å². The van der Waals surface area contributed by atoms with Gasteiger partial charge >= 0.3 is 0 Å². The number of likely N-dealkylation sites (tertiary alicyclic amines) is 1. The fourth-order valence-corrected chi connectivity index (χ4v) is 3.32. The molecular formula is C11H20N2. The predicted molar refractivity (Wildman–Crippen MR) is 53.7 cm³/mol. The van der Waals surface area contributed by atoms with Crippen LogP contribution in [-0.4, -0.2) is 37.6 Å². The Kier molecular flexibility index (Phi) is 1.88. The quantitative estimate of drug-likeness (QED) is 0.684. The Morgan fingerprint density at radius 2 is 1.85 bits per heavy atom. The van der Waals surface area contributed by atoms with Gasteiger partial charge in [-0.25, -0.2) is 0 Å². The van der Waals surface area contributed by atoms with Crippen molar-refractivity contribution in [2.75, 3.05) is 32.7 Å². The van der Waals surface area contributed by atoms with E-state index in [1.54, 1.807) is 0 Å². The zero-order valence-electron chi connectivity index (χ0n) is 8.39. The third-order valence-corrected chi connectivity index (χ3v) is 4.16. The number of hydrogen-bond acceptors (Lipinski definition) is 2. The maximum absolute atomic E-state index is 3.35. The fourth-order valence-electron chi connectivity index (χ4n) is 3.32. The summed E-state index contributed by atoms with van der Waals surface area (Å²) >= 11 is 0. The van der Waals surface area contributed by atoms with Crippen molar-refractivity contribution in [1.82, 2.24) is 10.2 Å². The van der Waals surface area contributed by atoms with Crippen LogP contribution in [0.2, 0.25) is 0 Å². The fraction of sp³-hybridized carbons (Fsp3) is 1.00. The topological polar surface area (TPSA) is 15.3 Å². The van der Waals surface area contributed by atoms with Crippen LogP contribution in [0.25, 0.3) is 0 Å². The molecule has 1 N–H and O–H groups in total. The summed E-state index contributed by atoms with van der Waals surface area (Å²) in [5, 5.41) is 3.35. The van der Waals surface area contributed by atoms with E-state index < -0.39 is 0 Å². The predicted octanol–water partition coefficient (Wildman–Crippen LogP) is 1.08. The maximum Gasteiger partial charge on any atom is 0.00506 e. The number of nitrogens with zero attached hydrogens (tertiary/aromatic N) is 1. The van der Waals surface area contributed by atoms with Crippen molar-refractivity contribution in [2.45, 2.75) is 25.7 Å². The lowest BCUT2D eigenvalue weighted by atomic mass is 9.77. The van der Waals surface area contributed by atoms with E-state index in [2.05, 4.69) is 10.2 Å². The molecule has 13 heavy (non-hydrogen) atoms. The molecule has 1 spiro atoms. The average molecular weight is 180 g/mol. The monoisotopic (exact) mass is 180 g/mol. The van der Waals surface area contributed by atoms with Gasteiger partial charge in [-0.15, -0.1) is 0 Å². The van der Waals surface area contributed by atoms with E-state index in [0.29, 0.717) is 0 Å². The third kappa shape index (κ3) is 1.40.